The minimum absolute atomic E-state index is 0.0395. The van der Waals surface area contributed by atoms with Crippen LogP contribution in [0.25, 0.3) is 0 Å². The Hall–Kier alpha value is -1.30. The normalized spacial score (nSPS) is 20.3. The molecule has 1 aliphatic rings. The summed E-state index contributed by atoms with van der Waals surface area (Å²) in [5, 5.41) is 0.312. The Labute approximate surface area is 144 Å². The second-order valence-corrected chi connectivity index (χ2v) is 6.52. The van der Waals surface area contributed by atoms with E-state index in [1.165, 1.54) is 30.3 Å². The van der Waals surface area contributed by atoms with E-state index in [9.17, 15) is 13.2 Å². The summed E-state index contributed by atoms with van der Waals surface area (Å²) in [6.07, 6.45) is -5.13. The zero-order chi connectivity index (χ0) is 17.0. The standard InChI is InChI=1S/C15H9Cl3F3NO/c16-9-2-8(3-10(17)4-9)14(15(19,20)21)6-7-1-12(22)11(18)5-13(7)23-14/h1-5H,6,22H2. The van der Waals surface area contributed by atoms with Crippen molar-refractivity contribution in [3.8, 4) is 5.75 Å². The molecule has 0 fully saturated rings. The molecule has 1 unspecified atom stereocenters. The lowest BCUT2D eigenvalue weighted by Gasteiger charge is -2.31. The number of alkyl halides is 3. The van der Waals surface area contributed by atoms with Gasteiger partial charge in [0.05, 0.1) is 10.7 Å². The smallest absolute Gasteiger partial charge is 0.432 e. The number of nitrogens with two attached hydrogens (primary N) is 1. The molecular weight excluding hydrogens is 374 g/mol. The van der Waals surface area contributed by atoms with Crippen molar-refractivity contribution < 1.29 is 17.9 Å². The summed E-state index contributed by atoms with van der Waals surface area (Å²) in [4.78, 5) is 0. The average Bonchev–Trinajstić information content (AvgIpc) is 2.77. The van der Waals surface area contributed by atoms with E-state index in [0.717, 1.165) is 0 Å². The first-order valence-corrected chi connectivity index (χ1v) is 7.56. The molecule has 2 N–H and O–H groups in total. The van der Waals surface area contributed by atoms with E-state index in [1.54, 1.807) is 0 Å². The Morgan fingerprint density at radius 2 is 1.61 bits per heavy atom. The van der Waals surface area contributed by atoms with E-state index in [0.29, 0.717) is 5.56 Å². The van der Waals surface area contributed by atoms with Crippen molar-refractivity contribution >= 4 is 40.5 Å². The highest BCUT2D eigenvalue weighted by Gasteiger charge is 2.61. The molecule has 1 heterocycles. The van der Waals surface area contributed by atoms with Gasteiger partial charge in [0, 0.05) is 33.7 Å². The van der Waals surface area contributed by atoms with Gasteiger partial charge in [-0.1, -0.05) is 34.8 Å². The molecule has 0 saturated carbocycles. The predicted octanol–water partition coefficient (Wildman–Crippen LogP) is 5.62. The monoisotopic (exact) mass is 381 g/mol. The SMILES string of the molecule is Nc1cc2c(cc1Cl)OC(c1cc(Cl)cc(Cl)c1)(C(F)(F)F)C2. The summed E-state index contributed by atoms with van der Waals surface area (Å²) in [7, 11) is 0. The Bertz CT molecular complexity index is 741. The number of ether oxygens (including phenoxy) is 1. The fourth-order valence-electron chi connectivity index (χ4n) is 2.61. The summed E-state index contributed by atoms with van der Waals surface area (Å²) in [6, 6.07) is 6.41. The van der Waals surface area contributed by atoms with E-state index in [2.05, 4.69) is 0 Å². The lowest BCUT2D eigenvalue weighted by Crippen LogP contribution is -2.46. The number of hydrogen-bond acceptors (Lipinski definition) is 2. The number of halogens is 6. The molecule has 8 heteroatoms. The third-order valence-electron chi connectivity index (χ3n) is 3.69. The van der Waals surface area contributed by atoms with Crippen molar-refractivity contribution in [2.24, 2.45) is 0 Å². The molecule has 0 aliphatic carbocycles. The lowest BCUT2D eigenvalue weighted by atomic mass is 9.88. The molecule has 0 spiro atoms. The van der Waals surface area contributed by atoms with Gasteiger partial charge in [0.2, 0.25) is 5.60 Å². The van der Waals surface area contributed by atoms with Crippen molar-refractivity contribution in [1.29, 1.82) is 0 Å². The molecule has 0 radical (unpaired) electrons. The van der Waals surface area contributed by atoms with Crippen LogP contribution in [0.15, 0.2) is 30.3 Å². The van der Waals surface area contributed by atoms with Crippen LogP contribution < -0.4 is 10.5 Å². The van der Waals surface area contributed by atoms with E-state index in [1.807, 2.05) is 0 Å². The maximum Gasteiger partial charge on any atom is 0.432 e. The average molecular weight is 383 g/mol. The molecule has 1 atom stereocenters. The van der Waals surface area contributed by atoms with Crippen LogP contribution in [0.1, 0.15) is 11.1 Å². The van der Waals surface area contributed by atoms with Gasteiger partial charge in [-0.25, -0.2) is 0 Å². The van der Waals surface area contributed by atoms with Crippen LogP contribution in [0.4, 0.5) is 18.9 Å². The molecule has 0 saturated heterocycles. The topological polar surface area (TPSA) is 35.2 Å². The Kier molecular flexibility index (Phi) is 3.86. The van der Waals surface area contributed by atoms with Gasteiger partial charge in [-0.05, 0) is 24.3 Å². The molecule has 2 nitrogen and oxygen atoms in total. The molecular formula is C15H9Cl3F3NO. The Balaban J connectivity index is 2.18. The molecule has 23 heavy (non-hydrogen) atoms. The quantitative estimate of drug-likeness (QED) is 0.650. The van der Waals surface area contributed by atoms with Crippen LogP contribution in [0.5, 0.6) is 5.75 Å². The summed E-state index contributed by atoms with van der Waals surface area (Å²) in [5.41, 5.74) is 3.42. The van der Waals surface area contributed by atoms with Gasteiger partial charge in [-0.15, -0.1) is 0 Å². The van der Waals surface area contributed by atoms with Crippen LogP contribution in [-0.4, -0.2) is 6.18 Å². The molecule has 0 amide bonds. The van der Waals surface area contributed by atoms with Crippen LogP contribution in [0, 0.1) is 0 Å². The van der Waals surface area contributed by atoms with E-state index >= 15 is 0 Å². The zero-order valence-corrected chi connectivity index (χ0v) is 13.6. The Morgan fingerprint density at radius 3 is 2.17 bits per heavy atom. The summed E-state index contributed by atoms with van der Waals surface area (Å²) in [5.74, 6) is 0.0395. The lowest BCUT2D eigenvalue weighted by molar-refractivity contribution is -0.248. The molecule has 2 aromatic carbocycles. The number of rotatable bonds is 1. The van der Waals surface area contributed by atoms with Crippen molar-refractivity contribution in [1.82, 2.24) is 0 Å². The van der Waals surface area contributed by atoms with Crippen molar-refractivity contribution in [2.75, 3.05) is 5.73 Å². The molecule has 122 valence electrons. The minimum Gasteiger partial charge on any atom is -0.472 e. The largest absolute Gasteiger partial charge is 0.472 e. The van der Waals surface area contributed by atoms with Gasteiger partial charge in [-0.2, -0.15) is 13.2 Å². The van der Waals surface area contributed by atoms with Crippen LogP contribution in [0.3, 0.4) is 0 Å². The first kappa shape index (κ1) is 16.6. The highest BCUT2D eigenvalue weighted by molar-refractivity contribution is 6.34. The maximum absolute atomic E-state index is 13.9. The molecule has 2 aromatic rings. The van der Waals surface area contributed by atoms with Gasteiger partial charge >= 0.3 is 6.18 Å². The predicted molar refractivity (Wildman–Crippen MR) is 84.4 cm³/mol. The van der Waals surface area contributed by atoms with Gasteiger partial charge in [-0.3, -0.25) is 0 Å². The van der Waals surface area contributed by atoms with Gasteiger partial charge in [0.25, 0.3) is 0 Å². The first-order chi connectivity index (χ1) is 10.6. The molecule has 0 aromatic heterocycles. The van der Waals surface area contributed by atoms with Crippen molar-refractivity contribution in [3.63, 3.8) is 0 Å². The minimum atomic E-state index is -4.69. The van der Waals surface area contributed by atoms with E-state index in [4.69, 9.17) is 45.3 Å². The van der Waals surface area contributed by atoms with Gasteiger partial charge < -0.3 is 10.5 Å². The van der Waals surface area contributed by atoms with E-state index < -0.39 is 18.2 Å². The van der Waals surface area contributed by atoms with Crippen molar-refractivity contribution in [2.45, 2.75) is 18.2 Å². The third kappa shape index (κ3) is 2.71. The van der Waals surface area contributed by atoms with Crippen LogP contribution in [0.2, 0.25) is 15.1 Å². The summed E-state index contributed by atoms with van der Waals surface area (Å²) >= 11 is 17.6. The van der Waals surface area contributed by atoms with Gasteiger partial charge in [0.15, 0.2) is 0 Å². The zero-order valence-electron chi connectivity index (χ0n) is 11.3. The highest BCUT2D eigenvalue weighted by Crippen LogP contribution is 2.52. The number of anilines is 1. The molecule has 3 rings (SSSR count). The maximum atomic E-state index is 13.9. The van der Waals surface area contributed by atoms with Crippen molar-refractivity contribution in [3.05, 3.63) is 56.5 Å². The fourth-order valence-corrected chi connectivity index (χ4v) is 3.29. The molecule has 0 bridgehead atoms. The highest BCUT2D eigenvalue weighted by atomic mass is 35.5. The number of hydrogen-bond donors (Lipinski definition) is 1. The van der Waals surface area contributed by atoms with Crippen LogP contribution >= 0.6 is 34.8 Å². The second-order valence-electron chi connectivity index (χ2n) is 5.24. The number of benzene rings is 2. The van der Waals surface area contributed by atoms with Crippen LogP contribution in [-0.2, 0) is 12.0 Å². The summed E-state index contributed by atoms with van der Waals surface area (Å²) < 4.78 is 46.9. The third-order valence-corrected chi connectivity index (χ3v) is 4.45. The summed E-state index contributed by atoms with van der Waals surface area (Å²) in [6.45, 7) is 0. The first-order valence-electron chi connectivity index (χ1n) is 6.42. The second kappa shape index (κ2) is 5.36. The fraction of sp³-hybridized carbons (Fsp3) is 0.200. The number of nitrogen functional groups attached to an aromatic ring is 1. The Morgan fingerprint density at radius 1 is 1.00 bits per heavy atom. The molecule has 1 aliphatic heterocycles. The van der Waals surface area contributed by atoms with Gasteiger partial charge in [0.1, 0.15) is 5.75 Å². The van der Waals surface area contributed by atoms with E-state index in [-0.39, 0.29) is 32.1 Å². The number of fused-ring (bicyclic) bond motifs is 1.